The number of hydrogen-bond donors (Lipinski definition) is 1. The molecule has 0 fully saturated rings. The van der Waals surface area contributed by atoms with Gasteiger partial charge < -0.3 is 14.8 Å². The maximum Gasteiger partial charge on any atom is 0.262 e. The molecule has 0 saturated heterocycles. The molecule has 128 valence electrons. The zero-order chi connectivity index (χ0) is 17.5. The van der Waals surface area contributed by atoms with Crippen molar-refractivity contribution < 1.29 is 14.3 Å². The van der Waals surface area contributed by atoms with Crippen molar-refractivity contribution in [1.82, 2.24) is 0 Å². The summed E-state index contributed by atoms with van der Waals surface area (Å²) in [6.07, 6.45) is 0. The third-order valence-corrected chi connectivity index (χ3v) is 3.67. The van der Waals surface area contributed by atoms with Gasteiger partial charge in [0, 0.05) is 12.8 Å². The topological polar surface area (TPSA) is 47.6 Å². The smallest absolute Gasteiger partial charge is 0.262 e. The highest BCUT2D eigenvalue weighted by Gasteiger charge is 2.10. The number of anilines is 1. The van der Waals surface area contributed by atoms with Crippen LogP contribution in [0.4, 0.5) is 5.69 Å². The lowest BCUT2D eigenvalue weighted by Crippen LogP contribution is -2.20. The number of benzene rings is 2. The fraction of sp³-hybridized carbons (Fsp3) is 0.350. The summed E-state index contributed by atoms with van der Waals surface area (Å²) in [7, 11) is 1.65. The van der Waals surface area contributed by atoms with E-state index in [1.807, 2.05) is 37.3 Å². The number of nitrogens with one attached hydrogen (secondary N) is 1. The van der Waals surface area contributed by atoms with Gasteiger partial charge in [0.05, 0.1) is 6.61 Å². The van der Waals surface area contributed by atoms with E-state index in [1.165, 1.54) is 0 Å². The Labute approximate surface area is 143 Å². The number of rotatable bonds is 7. The summed E-state index contributed by atoms with van der Waals surface area (Å²) in [6, 6.07) is 13.7. The molecule has 4 heteroatoms. The van der Waals surface area contributed by atoms with Gasteiger partial charge in [0.1, 0.15) is 5.75 Å². The van der Waals surface area contributed by atoms with Crippen LogP contribution in [0.5, 0.6) is 5.75 Å². The molecule has 0 spiro atoms. The Morgan fingerprint density at radius 3 is 2.67 bits per heavy atom. The number of ether oxygens (including phenoxy) is 2. The van der Waals surface area contributed by atoms with Crippen molar-refractivity contribution in [1.29, 1.82) is 0 Å². The van der Waals surface area contributed by atoms with Crippen LogP contribution in [0.1, 0.15) is 36.5 Å². The quantitative estimate of drug-likeness (QED) is 0.825. The summed E-state index contributed by atoms with van der Waals surface area (Å²) in [5.74, 6) is 0.934. The van der Waals surface area contributed by atoms with Crippen molar-refractivity contribution in [3.63, 3.8) is 0 Å². The first-order valence-corrected chi connectivity index (χ1v) is 8.10. The van der Waals surface area contributed by atoms with E-state index in [-0.39, 0.29) is 12.5 Å². The molecular formula is C20H25NO3. The first kappa shape index (κ1) is 18.0. The zero-order valence-electron chi connectivity index (χ0n) is 14.8. The van der Waals surface area contributed by atoms with Crippen molar-refractivity contribution in [3.8, 4) is 5.75 Å². The van der Waals surface area contributed by atoms with Gasteiger partial charge in [0.2, 0.25) is 0 Å². The van der Waals surface area contributed by atoms with Crippen LogP contribution in [0.2, 0.25) is 0 Å². The van der Waals surface area contributed by atoms with E-state index in [1.54, 1.807) is 7.11 Å². The molecule has 0 unspecified atom stereocenters. The summed E-state index contributed by atoms with van der Waals surface area (Å²) >= 11 is 0. The molecule has 0 bridgehead atoms. The number of carbonyl (C=O) groups excluding carboxylic acids is 1. The van der Waals surface area contributed by atoms with Crippen LogP contribution in [0, 0.1) is 6.92 Å². The van der Waals surface area contributed by atoms with Crippen molar-refractivity contribution in [2.24, 2.45) is 0 Å². The standard InChI is InChI=1S/C20H25NO3/c1-14(2)18-9-8-15(3)10-19(18)24-13-20(22)21-17-7-5-6-16(11-17)12-23-4/h5-11,14H,12-13H2,1-4H3,(H,21,22). The lowest BCUT2D eigenvalue weighted by Gasteiger charge is -2.15. The van der Waals surface area contributed by atoms with E-state index >= 15 is 0 Å². The summed E-state index contributed by atoms with van der Waals surface area (Å²) in [4.78, 5) is 12.2. The second-order valence-electron chi connectivity index (χ2n) is 6.17. The Kier molecular flexibility index (Phi) is 6.38. The third kappa shape index (κ3) is 5.10. The molecule has 1 N–H and O–H groups in total. The molecule has 2 aromatic rings. The van der Waals surface area contributed by atoms with Crippen LogP contribution in [0.15, 0.2) is 42.5 Å². The Bertz CT molecular complexity index is 695. The van der Waals surface area contributed by atoms with Crippen molar-refractivity contribution in [3.05, 3.63) is 59.2 Å². The van der Waals surface area contributed by atoms with Gasteiger partial charge in [0.25, 0.3) is 5.91 Å². The Morgan fingerprint density at radius 2 is 1.96 bits per heavy atom. The Balaban J connectivity index is 1.99. The largest absolute Gasteiger partial charge is 0.483 e. The number of hydrogen-bond acceptors (Lipinski definition) is 3. The highest BCUT2D eigenvalue weighted by atomic mass is 16.5. The minimum Gasteiger partial charge on any atom is -0.483 e. The average molecular weight is 327 g/mol. The predicted octanol–water partition coefficient (Wildman–Crippen LogP) is 4.28. The molecule has 24 heavy (non-hydrogen) atoms. The van der Waals surface area contributed by atoms with E-state index in [0.29, 0.717) is 12.5 Å². The normalized spacial score (nSPS) is 10.7. The molecular weight excluding hydrogens is 302 g/mol. The first-order valence-electron chi connectivity index (χ1n) is 8.10. The minimum atomic E-state index is -0.180. The SMILES string of the molecule is COCc1cccc(NC(=O)COc2cc(C)ccc2C(C)C)c1. The summed E-state index contributed by atoms with van der Waals surface area (Å²) in [6.45, 7) is 6.73. The summed E-state index contributed by atoms with van der Waals surface area (Å²) in [5, 5.41) is 2.85. The van der Waals surface area contributed by atoms with Crippen molar-refractivity contribution in [2.75, 3.05) is 19.0 Å². The molecule has 2 rings (SSSR count). The number of aryl methyl sites for hydroxylation is 1. The molecule has 0 aliphatic heterocycles. The summed E-state index contributed by atoms with van der Waals surface area (Å²) < 4.78 is 10.9. The van der Waals surface area contributed by atoms with Gasteiger partial charge in [-0.3, -0.25) is 4.79 Å². The third-order valence-electron chi connectivity index (χ3n) is 3.67. The Hall–Kier alpha value is -2.33. The molecule has 0 aliphatic rings. The number of carbonyl (C=O) groups is 1. The first-order chi connectivity index (χ1) is 11.5. The van der Waals surface area contributed by atoms with Crippen molar-refractivity contribution in [2.45, 2.75) is 33.3 Å². The van der Waals surface area contributed by atoms with E-state index in [4.69, 9.17) is 9.47 Å². The van der Waals surface area contributed by atoms with Gasteiger partial charge >= 0.3 is 0 Å². The van der Waals surface area contributed by atoms with Gasteiger partial charge in [-0.05, 0) is 47.7 Å². The second-order valence-corrected chi connectivity index (χ2v) is 6.17. The van der Waals surface area contributed by atoms with E-state index in [2.05, 4.69) is 31.3 Å². The van der Waals surface area contributed by atoms with Crippen LogP contribution < -0.4 is 10.1 Å². The summed E-state index contributed by atoms with van der Waals surface area (Å²) in [5.41, 5.74) is 3.97. The molecule has 0 heterocycles. The number of methoxy groups -OCH3 is 1. The van der Waals surface area contributed by atoms with E-state index in [0.717, 1.165) is 28.1 Å². The van der Waals surface area contributed by atoms with Gasteiger partial charge in [-0.1, -0.05) is 38.1 Å². The van der Waals surface area contributed by atoms with Gasteiger partial charge in [-0.25, -0.2) is 0 Å². The predicted molar refractivity (Wildman–Crippen MR) is 96.5 cm³/mol. The molecule has 4 nitrogen and oxygen atoms in total. The molecule has 2 aromatic carbocycles. The van der Waals surface area contributed by atoms with Crippen molar-refractivity contribution >= 4 is 11.6 Å². The molecule has 0 aliphatic carbocycles. The van der Waals surface area contributed by atoms with Crippen LogP contribution >= 0.6 is 0 Å². The lowest BCUT2D eigenvalue weighted by molar-refractivity contribution is -0.118. The fourth-order valence-corrected chi connectivity index (χ4v) is 2.49. The van der Waals surface area contributed by atoms with Crippen LogP contribution in [0.3, 0.4) is 0 Å². The zero-order valence-corrected chi connectivity index (χ0v) is 14.8. The molecule has 0 aromatic heterocycles. The van der Waals surface area contributed by atoms with E-state index in [9.17, 15) is 4.79 Å². The molecule has 0 atom stereocenters. The molecule has 1 amide bonds. The van der Waals surface area contributed by atoms with Gasteiger partial charge in [-0.2, -0.15) is 0 Å². The highest BCUT2D eigenvalue weighted by Crippen LogP contribution is 2.27. The number of amides is 1. The van der Waals surface area contributed by atoms with Gasteiger partial charge in [-0.15, -0.1) is 0 Å². The molecule has 0 radical (unpaired) electrons. The van der Waals surface area contributed by atoms with Crippen LogP contribution in [0.25, 0.3) is 0 Å². The van der Waals surface area contributed by atoms with E-state index < -0.39 is 0 Å². The monoisotopic (exact) mass is 327 g/mol. The maximum atomic E-state index is 12.2. The average Bonchev–Trinajstić information content (AvgIpc) is 2.53. The van der Waals surface area contributed by atoms with Gasteiger partial charge in [0.15, 0.2) is 6.61 Å². The second kappa shape index (κ2) is 8.50. The minimum absolute atomic E-state index is 0.0162. The van der Waals surface area contributed by atoms with Crippen LogP contribution in [-0.4, -0.2) is 19.6 Å². The lowest BCUT2D eigenvalue weighted by atomic mass is 10.0. The molecule has 0 saturated carbocycles. The fourth-order valence-electron chi connectivity index (χ4n) is 2.49. The maximum absolute atomic E-state index is 12.2. The Morgan fingerprint density at radius 1 is 1.17 bits per heavy atom. The van der Waals surface area contributed by atoms with Crippen LogP contribution in [-0.2, 0) is 16.1 Å². The highest BCUT2D eigenvalue weighted by molar-refractivity contribution is 5.91.